The predicted molar refractivity (Wildman–Crippen MR) is 117 cm³/mol. The molecule has 29 heavy (non-hydrogen) atoms. The van der Waals surface area contributed by atoms with Gasteiger partial charge in [0.05, 0.1) is 0 Å². The van der Waals surface area contributed by atoms with Gasteiger partial charge in [0.1, 0.15) is 6.04 Å². The highest BCUT2D eigenvalue weighted by atomic mass is 16.2. The van der Waals surface area contributed by atoms with Crippen LogP contribution in [0.2, 0.25) is 0 Å². The first-order valence-corrected chi connectivity index (χ1v) is 11.2. The number of hydrogen-bond donors (Lipinski definition) is 1. The number of nitrogens with one attached hydrogen (secondary N) is 1. The molecule has 0 bridgehead atoms. The van der Waals surface area contributed by atoms with Crippen LogP contribution in [0.1, 0.15) is 54.8 Å². The Kier molecular flexibility index (Phi) is 6.96. The summed E-state index contributed by atoms with van der Waals surface area (Å²) < 4.78 is 0. The molecular weight excluding hydrogens is 358 g/mol. The van der Waals surface area contributed by atoms with Crippen molar-refractivity contribution in [2.75, 3.05) is 26.2 Å². The van der Waals surface area contributed by atoms with Crippen LogP contribution < -0.4 is 5.32 Å². The minimum Gasteiger partial charge on any atom is -0.341 e. The van der Waals surface area contributed by atoms with Crippen LogP contribution >= 0.6 is 0 Å². The number of hydrogen-bond acceptors (Lipinski definition) is 3. The van der Waals surface area contributed by atoms with Gasteiger partial charge < -0.3 is 4.90 Å². The van der Waals surface area contributed by atoms with Gasteiger partial charge in [-0.3, -0.25) is 15.0 Å². The first kappa shape index (κ1) is 20.1. The highest BCUT2D eigenvalue weighted by Gasteiger charge is 2.26. The number of carbonyl (C=O) groups is 1. The van der Waals surface area contributed by atoms with Gasteiger partial charge in [-0.1, -0.05) is 54.6 Å². The van der Waals surface area contributed by atoms with E-state index in [-0.39, 0.29) is 11.9 Å². The molecule has 0 aromatic heterocycles. The van der Waals surface area contributed by atoms with Crippen molar-refractivity contribution in [1.82, 2.24) is 15.1 Å². The van der Waals surface area contributed by atoms with E-state index in [1.165, 1.54) is 43.5 Å². The highest BCUT2D eigenvalue weighted by molar-refractivity contribution is 5.83. The summed E-state index contributed by atoms with van der Waals surface area (Å²) in [6.45, 7) is 5.88. The molecule has 1 unspecified atom stereocenters. The van der Waals surface area contributed by atoms with Crippen molar-refractivity contribution in [2.24, 2.45) is 0 Å². The van der Waals surface area contributed by atoms with E-state index in [9.17, 15) is 4.79 Å². The van der Waals surface area contributed by atoms with Crippen molar-refractivity contribution in [1.29, 1.82) is 0 Å². The third-order valence-electron chi connectivity index (χ3n) is 6.26. The van der Waals surface area contributed by atoms with Crippen molar-refractivity contribution in [3.63, 3.8) is 0 Å². The predicted octanol–water partition coefficient (Wildman–Crippen LogP) is 4.13. The zero-order valence-electron chi connectivity index (χ0n) is 17.4. The van der Waals surface area contributed by atoms with Crippen molar-refractivity contribution in [3.8, 4) is 0 Å². The zero-order valence-corrected chi connectivity index (χ0v) is 17.4. The largest absolute Gasteiger partial charge is 0.341 e. The number of amides is 1. The molecule has 2 fully saturated rings. The van der Waals surface area contributed by atoms with E-state index in [1.807, 2.05) is 23.1 Å². The number of carbonyl (C=O) groups excluding carboxylic acids is 1. The summed E-state index contributed by atoms with van der Waals surface area (Å²) in [5.74, 6) is 0.216. The van der Waals surface area contributed by atoms with Crippen molar-refractivity contribution < 1.29 is 4.79 Å². The van der Waals surface area contributed by atoms with Crippen LogP contribution in [0.25, 0.3) is 0 Å². The second kappa shape index (κ2) is 10.0. The minimum atomic E-state index is -0.283. The lowest BCUT2D eigenvalue weighted by Gasteiger charge is -2.31. The van der Waals surface area contributed by atoms with E-state index in [1.54, 1.807) is 0 Å². The molecule has 4 heteroatoms. The zero-order chi connectivity index (χ0) is 19.9. The van der Waals surface area contributed by atoms with Crippen LogP contribution in [0.15, 0.2) is 54.6 Å². The highest BCUT2D eigenvalue weighted by Crippen LogP contribution is 2.21. The number of likely N-dealkylation sites (tertiary alicyclic amines) is 2. The van der Waals surface area contributed by atoms with Crippen molar-refractivity contribution in [2.45, 2.75) is 51.2 Å². The first-order valence-electron chi connectivity index (χ1n) is 11.2. The summed E-state index contributed by atoms with van der Waals surface area (Å²) in [6, 6.07) is 18.6. The fourth-order valence-electron chi connectivity index (χ4n) is 4.57. The Morgan fingerprint density at radius 2 is 1.41 bits per heavy atom. The minimum absolute atomic E-state index is 0.216. The molecule has 2 heterocycles. The first-order chi connectivity index (χ1) is 14.3. The fraction of sp³-hybridized carbons (Fsp3) is 0.480. The summed E-state index contributed by atoms with van der Waals surface area (Å²) >= 11 is 0. The van der Waals surface area contributed by atoms with Gasteiger partial charge >= 0.3 is 0 Å². The summed E-state index contributed by atoms with van der Waals surface area (Å²) in [4.78, 5) is 17.9. The molecule has 1 atom stereocenters. The maximum absolute atomic E-state index is 13.3. The molecule has 154 valence electrons. The fourth-order valence-corrected chi connectivity index (χ4v) is 4.57. The second-order valence-electron chi connectivity index (χ2n) is 8.36. The monoisotopic (exact) mass is 391 g/mol. The van der Waals surface area contributed by atoms with Gasteiger partial charge in [0.2, 0.25) is 5.91 Å². The Labute approximate surface area is 174 Å². The van der Waals surface area contributed by atoms with Crippen LogP contribution in [0, 0.1) is 0 Å². The molecule has 4 nitrogen and oxygen atoms in total. The van der Waals surface area contributed by atoms with Crippen LogP contribution in [0.3, 0.4) is 0 Å². The molecule has 2 aromatic carbocycles. The molecule has 2 aliphatic heterocycles. The van der Waals surface area contributed by atoms with Gasteiger partial charge in [-0.2, -0.15) is 0 Å². The van der Waals surface area contributed by atoms with Crippen LogP contribution in [0.5, 0.6) is 0 Å². The number of rotatable bonds is 7. The molecule has 0 radical (unpaired) electrons. The van der Waals surface area contributed by atoms with Crippen molar-refractivity contribution >= 4 is 5.91 Å². The van der Waals surface area contributed by atoms with E-state index in [4.69, 9.17) is 0 Å². The van der Waals surface area contributed by atoms with Gasteiger partial charge in [0.25, 0.3) is 0 Å². The Morgan fingerprint density at radius 1 is 0.793 bits per heavy atom. The van der Waals surface area contributed by atoms with Crippen LogP contribution in [-0.2, 0) is 17.9 Å². The molecule has 2 aliphatic rings. The standard InChI is InChI=1S/C25H33N3O/c29-25(28-17-7-2-8-18-28)24(21-11-3-1-4-12-21)26-19-22-13-5-6-14-23(22)20-27-15-9-10-16-27/h1,3-6,11-14,24,26H,2,7-10,15-20H2. The van der Waals surface area contributed by atoms with Gasteiger partial charge in [0, 0.05) is 26.2 Å². The Hall–Kier alpha value is -2.17. The lowest BCUT2D eigenvalue weighted by molar-refractivity contribution is -0.134. The molecule has 1 amide bonds. The summed E-state index contributed by atoms with van der Waals surface area (Å²) in [7, 11) is 0. The van der Waals surface area contributed by atoms with Gasteiger partial charge in [-0.25, -0.2) is 0 Å². The molecule has 2 saturated heterocycles. The van der Waals surface area contributed by atoms with E-state index in [2.05, 4.69) is 46.6 Å². The molecule has 0 saturated carbocycles. The Morgan fingerprint density at radius 3 is 2.14 bits per heavy atom. The average Bonchev–Trinajstić information content (AvgIpc) is 3.29. The molecule has 2 aromatic rings. The summed E-state index contributed by atoms with van der Waals surface area (Å²) in [5.41, 5.74) is 3.73. The maximum atomic E-state index is 13.3. The van der Waals surface area contributed by atoms with Crippen molar-refractivity contribution in [3.05, 3.63) is 71.3 Å². The normalized spacial score (nSPS) is 18.7. The lowest BCUT2D eigenvalue weighted by Crippen LogP contribution is -2.43. The second-order valence-corrected chi connectivity index (χ2v) is 8.36. The topological polar surface area (TPSA) is 35.6 Å². The number of piperidine rings is 1. The molecule has 1 N–H and O–H groups in total. The quantitative estimate of drug-likeness (QED) is 0.771. The third kappa shape index (κ3) is 5.26. The molecule has 0 aliphatic carbocycles. The van der Waals surface area contributed by atoms with Gasteiger partial charge in [-0.05, 0) is 61.9 Å². The molecule has 4 rings (SSSR count). The van der Waals surface area contributed by atoms with E-state index in [0.717, 1.165) is 38.0 Å². The van der Waals surface area contributed by atoms with Gasteiger partial charge in [-0.15, -0.1) is 0 Å². The van der Waals surface area contributed by atoms with Crippen LogP contribution in [0.4, 0.5) is 0 Å². The Bertz CT molecular complexity index is 780. The van der Waals surface area contributed by atoms with E-state index in [0.29, 0.717) is 6.54 Å². The smallest absolute Gasteiger partial charge is 0.244 e. The number of benzene rings is 2. The Balaban J connectivity index is 1.49. The maximum Gasteiger partial charge on any atom is 0.244 e. The summed E-state index contributed by atoms with van der Waals surface area (Å²) in [5, 5.41) is 3.60. The van der Waals surface area contributed by atoms with Crippen LogP contribution in [-0.4, -0.2) is 41.9 Å². The van der Waals surface area contributed by atoms with E-state index < -0.39 is 0 Å². The molecule has 0 spiro atoms. The number of nitrogens with zero attached hydrogens (tertiary/aromatic N) is 2. The average molecular weight is 392 g/mol. The van der Waals surface area contributed by atoms with E-state index >= 15 is 0 Å². The SMILES string of the molecule is O=C(C(NCc1ccccc1CN1CCCC1)c1ccccc1)N1CCCCC1. The van der Waals surface area contributed by atoms with Gasteiger partial charge in [0.15, 0.2) is 0 Å². The third-order valence-corrected chi connectivity index (χ3v) is 6.26. The summed E-state index contributed by atoms with van der Waals surface area (Å²) in [6.07, 6.45) is 6.08. The lowest BCUT2D eigenvalue weighted by atomic mass is 10.0. The molecular formula is C25H33N3O.